The molecule has 5 nitrogen and oxygen atoms in total. The zero-order valence-electron chi connectivity index (χ0n) is 19.8. The lowest BCUT2D eigenvalue weighted by molar-refractivity contribution is -0.186. The smallest absolute Gasteiger partial charge is 0.333 e. The molecule has 4 rings (SSSR count). The summed E-state index contributed by atoms with van der Waals surface area (Å²) in [7, 11) is 0. The number of hydrogen-bond donors (Lipinski definition) is 0. The van der Waals surface area contributed by atoms with Crippen molar-refractivity contribution in [3.8, 4) is 0 Å². The van der Waals surface area contributed by atoms with Crippen LogP contribution in [0.3, 0.4) is 0 Å². The monoisotopic (exact) mass is 523 g/mol. The van der Waals surface area contributed by atoms with Gasteiger partial charge in [0.1, 0.15) is 12.2 Å². The maximum Gasteiger partial charge on any atom is 0.333 e. The SMILES string of the molecule is C=CC[C@@H]1O[C@@H](c2cccc(Cl)c2)[C@@H](c2ccc(Cl)cc2)N([C@H](C(=O)OCC)c2ccccc2)C1=O. The van der Waals surface area contributed by atoms with Gasteiger partial charge in [-0.15, -0.1) is 6.58 Å². The minimum atomic E-state index is -0.989. The molecule has 36 heavy (non-hydrogen) atoms. The van der Waals surface area contributed by atoms with Gasteiger partial charge in [0.2, 0.25) is 0 Å². The van der Waals surface area contributed by atoms with E-state index in [1.54, 1.807) is 36.1 Å². The van der Waals surface area contributed by atoms with Gasteiger partial charge in [-0.25, -0.2) is 4.79 Å². The largest absolute Gasteiger partial charge is 0.464 e. The Hall–Kier alpha value is -3.12. The molecule has 1 saturated heterocycles. The molecular weight excluding hydrogens is 497 g/mol. The van der Waals surface area contributed by atoms with Gasteiger partial charge in [0, 0.05) is 16.5 Å². The van der Waals surface area contributed by atoms with E-state index in [2.05, 4.69) is 6.58 Å². The average molecular weight is 524 g/mol. The summed E-state index contributed by atoms with van der Waals surface area (Å²) < 4.78 is 11.9. The summed E-state index contributed by atoms with van der Waals surface area (Å²) in [6, 6.07) is 22.0. The second-order valence-corrected chi connectivity index (χ2v) is 9.30. The van der Waals surface area contributed by atoms with Crippen LogP contribution in [-0.4, -0.2) is 29.5 Å². The fourth-order valence-corrected chi connectivity index (χ4v) is 4.89. The van der Waals surface area contributed by atoms with Crippen LogP contribution < -0.4 is 0 Å². The second-order valence-electron chi connectivity index (χ2n) is 8.43. The van der Waals surface area contributed by atoms with Crippen LogP contribution >= 0.6 is 23.2 Å². The Labute approximate surface area is 221 Å². The van der Waals surface area contributed by atoms with E-state index in [1.807, 2.05) is 60.7 Å². The first kappa shape index (κ1) is 26.0. The topological polar surface area (TPSA) is 55.8 Å². The van der Waals surface area contributed by atoms with Gasteiger partial charge in [-0.05, 0) is 47.9 Å². The molecule has 1 aliphatic rings. The minimum Gasteiger partial charge on any atom is -0.464 e. The molecule has 1 fully saturated rings. The summed E-state index contributed by atoms with van der Waals surface area (Å²) in [4.78, 5) is 29.1. The molecule has 0 saturated carbocycles. The lowest BCUT2D eigenvalue weighted by Gasteiger charge is -2.47. The lowest BCUT2D eigenvalue weighted by Crippen LogP contribution is -2.53. The Bertz CT molecular complexity index is 1220. The third-order valence-electron chi connectivity index (χ3n) is 6.10. The van der Waals surface area contributed by atoms with Crippen LogP contribution in [0.25, 0.3) is 0 Å². The number of nitrogens with zero attached hydrogens (tertiary/aromatic N) is 1. The van der Waals surface area contributed by atoms with Gasteiger partial charge in [0.25, 0.3) is 5.91 Å². The van der Waals surface area contributed by atoms with E-state index in [9.17, 15) is 9.59 Å². The standard InChI is InChI=1S/C29H27Cl2NO4/c1-3-9-24-28(33)32(26(29(34)35-4-2)19-10-6-5-7-11-19)25(20-14-16-22(30)17-15-20)27(36-24)21-12-8-13-23(31)18-21/h3,5-8,10-18,24-27H,1,4,9H2,2H3/t24-,25+,26-,27-/m0/s1. The van der Waals surface area contributed by atoms with E-state index in [1.165, 1.54) is 0 Å². The Kier molecular flexibility index (Phi) is 8.47. The first-order valence-corrected chi connectivity index (χ1v) is 12.5. The number of amides is 1. The van der Waals surface area contributed by atoms with Crippen molar-refractivity contribution in [1.82, 2.24) is 4.90 Å². The molecule has 0 spiro atoms. The average Bonchev–Trinajstić information content (AvgIpc) is 2.88. The number of halogens is 2. The predicted octanol–water partition coefficient (Wildman–Crippen LogP) is 6.88. The normalized spacial score (nSPS) is 20.6. The van der Waals surface area contributed by atoms with E-state index >= 15 is 0 Å². The third kappa shape index (κ3) is 5.49. The molecule has 0 bridgehead atoms. The maximum atomic E-state index is 14.0. The van der Waals surface area contributed by atoms with Crippen molar-refractivity contribution in [2.24, 2.45) is 0 Å². The van der Waals surface area contributed by atoms with Crippen molar-refractivity contribution >= 4 is 35.1 Å². The molecule has 3 aromatic rings. The number of morpholine rings is 1. The van der Waals surface area contributed by atoms with Gasteiger partial charge >= 0.3 is 5.97 Å². The molecule has 0 aliphatic carbocycles. The van der Waals surface area contributed by atoms with Gasteiger partial charge in [-0.3, -0.25) is 4.79 Å². The molecule has 4 atom stereocenters. The minimum absolute atomic E-state index is 0.181. The van der Waals surface area contributed by atoms with Crippen molar-refractivity contribution in [3.63, 3.8) is 0 Å². The van der Waals surface area contributed by atoms with Gasteiger partial charge in [0.15, 0.2) is 6.04 Å². The zero-order chi connectivity index (χ0) is 25.7. The molecular formula is C29H27Cl2NO4. The van der Waals surface area contributed by atoms with E-state index in [0.717, 1.165) is 11.1 Å². The van der Waals surface area contributed by atoms with Crippen molar-refractivity contribution in [1.29, 1.82) is 0 Å². The van der Waals surface area contributed by atoms with Gasteiger partial charge in [-0.1, -0.05) is 83.9 Å². The van der Waals surface area contributed by atoms with Crippen LogP contribution in [0.2, 0.25) is 10.0 Å². The predicted molar refractivity (Wildman–Crippen MR) is 141 cm³/mol. The van der Waals surface area contributed by atoms with Crippen molar-refractivity contribution < 1.29 is 19.1 Å². The van der Waals surface area contributed by atoms with Gasteiger partial charge in [0.05, 0.1) is 12.6 Å². The zero-order valence-corrected chi connectivity index (χ0v) is 21.4. The fourth-order valence-electron chi connectivity index (χ4n) is 4.56. The summed E-state index contributed by atoms with van der Waals surface area (Å²) in [6.07, 6.45) is 0.466. The number of benzene rings is 3. The number of esters is 1. The summed E-state index contributed by atoms with van der Waals surface area (Å²) >= 11 is 12.5. The summed E-state index contributed by atoms with van der Waals surface area (Å²) in [5, 5.41) is 1.10. The summed E-state index contributed by atoms with van der Waals surface area (Å²) in [5.41, 5.74) is 2.19. The van der Waals surface area contributed by atoms with Crippen LogP contribution in [0, 0.1) is 0 Å². The van der Waals surface area contributed by atoms with Crippen molar-refractivity contribution in [2.75, 3.05) is 6.61 Å². The first-order valence-electron chi connectivity index (χ1n) is 11.8. The number of ether oxygens (including phenoxy) is 2. The molecule has 0 aromatic heterocycles. The Morgan fingerprint density at radius 1 is 1.03 bits per heavy atom. The van der Waals surface area contributed by atoms with Crippen LogP contribution in [0.5, 0.6) is 0 Å². The van der Waals surface area contributed by atoms with Crippen LogP contribution in [0.4, 0.5) is 0 Å². The number of carbonyl (C=O) groups excluding carboxylic acids is 2. The second kappa shape index (κ2) is 11.7. The van der Waals surface area contributed by atoms with Gasteiger partial charge in [-0.2, -0.15) is 0 Å². The molecule has 0 unspecified atom stereocenters. The molecule has 0 radical (unpaired) electrons. The number of rotatable bonds is 8. The lowest BCUT2D eigenvalue weighted by atomic mass is 9.88. The highest BCUT2D eigenvalue weighted by Gasteiger charge is 2.49. The first-order chi connectivity index (χ1) is 17.4. The molecule has 186 valence electrons. The number of hydrogen-bond acceptors (Lipinski definition) is 4. The molecule has 3 aromatic carbocycles. The van der Waals surface area contributed by atoms with Crippen LogP contribution in [0.1, 0.15) is 48.2 Å². The van der Waals surface area contributed by atoms with Crippen LogP contribution in [-0.2, 0) is 19.1 Å². The highest BCUT2D eigenvalue weighted by atomic mass is 35.5. The highest BCUT2D eigenvalue weighted by molar-refractivity contribution is 6.30. The molecule has 1 amide bonds. The van der Waals surface area contributed by atoms with E-state index < -0.39 is 30.3 Å². The Morgan fingerprint density at radius 2 is 1.75 bits per heavy atom. The van der Waals surface area contributed by atoms with Crippen molar-refractivity contribution in [2.45, 2.75) is 37.6 Å². The highest BCUT2D eigenvalue weighted by Crippen LogP contribution is 2.47. The summed E-state index contributed by atoms with van der Waals surface area (Å²) in [5.74, 6) is -0.838. The number of carbonyl (C=O) groups is 2. The van der Waals surface area contributed by atoms with Crippen molar-refractivity contribution in [3.05, 3.63) is 118 Å². The molecule has 0 N–H and O–H groups in total. The van der Waals surface area contributed by atoms with Gasteiger partial charge < -0.3 is 14.4 Å². The fraction of sp³-hybridized carbons (Fsp3) is 0.241. The third-order valence-corrected chi connectivity index (χ3v) is 6.59. The Morgan fingerprint density at radius 3 is 2.39 bits per heavy atom. The van der Waals surface area contributed by atoms with Crippen LogP contribution in [0.15, 0.2) is 91.5 Å². The Balaban J connectivity index is 1.95. The summed E-state index contributed by atoms with van der Waals surface area (Å²) in [6.45, 7) is 5.73. The molecule has 1 aliphatic heterocycles. The maximum absolute atomic E-state index is 14.0. The molecule has 7 heteroatoms. The van der Waals surface area contributed by atoms with E-state index in [4.69, 9.17) is 32.7 Å². The van der Waals surface area contributed by atoms with E-state index in [0.29, 0.717) is 15.6 Å². The molecule has 1 heterocycles. The van der Waals surface area contributed by atoms with E-state index in [-0.39, 0.29) is 18.9 Å². The quantitative estimate of drug-likeness (QED) is 0.238.